The molecule has 1 aromatic rings. The molecule has 3 nitrogen and oxygen atoms in total. The lowest BCUT2D eigenvalue weighted by Gasteiger charge is -2.17. The lowest BCUT2D eigenvalue weighted by molar-refractivity contribution is 0.589. The molecule has 0 spiro atoms. The minimum Gasteiger partial charge on any atom is -0.266 e. The summed E-state index contributed by atoms with van der Waals surface area (Å²) in [6.45, 7) is 0. The van der Waals surface area contributed by atoms with Crippen LogP contribution in [0.2, 0.25) is 0 Å². The molecule has 0 bridgehead atoms. The molecule has 0 unspecified atom stereocenters. The summed E-state index contributed by atoms with van der Waals surface area (Å²) in [6, 6.07) is 3.28. The summed E-state index contributed by atoms with van der Waals surface area (Å²) in [4.78, 5) is 0. The first-order valence-electron chi connectivity index (χ1n) is 5.00. The van der Waals surface area contributed by atoms with Crippen LogP contribution in [0, 0.1) is 5.82 Å². The van der Waals surface area contributed by atoms with E-state index in [1.807, 2.05) is 0 Å². The van der Waals surface area contributed by atoms with E-state index in [1.54, 1.807) is 12.1 Å². The van der Waals surface area contributed by atoms with Gasteiger partial charge in [0.2, 0.25) is 10.0 Å². The Kier molecular flexibility index (Phi) is 2.10. The van der Waals surface area contributed by atoms with Gasteiger partial charge < -0.3 is 0 Å². The lowest BCUT2D eigenvalue weighted by atomic mass is 10.2. The Morgan fingerprint density at radius 1 is 1.38 bits per heavy atom. The van der Waals surface area contributed by atoms with E-state index in [0.717, 1.165) is 12.8 Å². The van der Waals surface area contributed by atoms with Crippen molar-refractivity contribution in [3.8, 4) is 0 Å². The van der Waals surface area contributed by atoms with Gasteiger partial charge in [-0.15, -0.1) is 0 Å². The molecular weight excluding hydrogens is 297 g/mol. The Morgan fingerprint density at radius 3 is 2.69 bits per heavy atom. The maximum absolute atomic E-state index is 13.8. The van der Waals surface area contributed by atoms with E-state index in [-0.39, 0.29) is 11.8 Å². The zero-order valence-corrected chi connectivity index (χ0v) is 10.7. The van der Waals surface area contributed by atoms with E-state index in [4.69, 9.17) is 0 Å². The van der Waals surface area contributed by atoms with Gasteiger partial charge >= 0.3 is 0 Å². The third-order valence-corrected chi connectivity index (χ3v) is 5.27. The van der Waals surface area contributed by atoms with E-state index in [2.05, 4.69) is 15.9 Å². The summed E-state index contributed by atoms with van der Waals surface area (Å²) < 4.78 is 39.3. The second-order valence-electron chi connectivity index (χ2n) is 4.14. The van der Waals surface area contributed by atoms with E-state index >= 15 is 0 Å². The van der Waals surface area contributed by atoms with Crippen LogP contribution in [0.3, 0.4) is 0 Å². The molecule has 16 heavy (non-hydrogen) atoms. The molecule has 1 heterocycles. The summed E-state index contributed by atoms with van der Waals surface area (Å²) in [5, 5.41) is 0. The number of fused-ring (bicyclic) bond motifs is 1. The quantitative estimate of drug-likeness (QED) is 0.799. The van der Waals surface area contributed by atoms with E-state index < -0.39 is 15.8 Å². The summed E-state index contributed by atoms with van der Waals surface area (Å²) in [5.41, 5.74) is 0.810. The predicted octanol–water partition coefficient (Wildman–Crippen LogP) is 2.40. The smallest absolute Gasteiger partial charge is 0.239 e. The van der Waals surface area contributed by atoms with Crippen LogP contribution in [0.5, 0.6) is 0 Å². The molecule has 3 rings (SSSR count). The maximum atomic E-state index is 13.8. The van der Waals surface area contributed by atoms with Gasteiger partial charge in [0.05, 0.1) is 15.9 Å². The molecule has 1 aromatic carbocycles. The number of nitrogens with zero attached hydrogens (tertiary/aromatic N) is 1. The number of anilines is 1. The van der Waals surface area contributed by atoms with Crippen LogP contribution >= 0.6 is 15.9 Å². The Bertz CT molecular complexity index is 568. The van der Waals surface area contributed by atoms with Crippen molar-refractivity contribution < 1.29 is 12.8 Å². The largest absolute Gasteiger partial charge is 0.266 e. The van der Waals surface area contributed by atoms with E-state index in [0.29, 0.717) is 15.7 Å². The lowest BCUT2D eigenvalue weighted by Crippen LogP contribution is -2.28. The molecule has 0 amide bonds. The highest BCUT2D eigenvalue weighted by Crippen LogP contribution is 2.44. The molecule has 0 radical (unpaired) electrons. The number of hydrogen-bond acceptors (Lipinski definition) is 2. The second-order valence-corrected chi connectivity index (χ2v) is 6.84. The molecule has 2 aliphatic rings. The second kappa shape index (κ2) is 3.20. The first-order chi connectivity index (χ1) is 7.50. The molecule has 1 aliphatic carbocycles. The Balaban J connectivity index is 2.21. The number of halogens is 2. The molecule has 6 heteroatoms. The van der Waals surface area contributed by atoms with Crippen molar-refractivity contribution in [1.29, 1.82) is 0 Å². The van der Waals surface area contributed by atoms with Gasteiger partial charge in [0.1, 0.15) is 5.82 Å². The molecule has 0 saturated heterocycles. The van der Waals surface area contributed by atoms with E-state index in [1.165, 1.54) is 4.31 Å². The molecule has 0 atom stereocenters. The van der Waals surface area contributed by atoms with Crippen molar-refractivity contribution >= 4 is 31.6 Å². The number of rotatable bonds is 1. The van der Waals surface area contributed by atoms with Crippen LogP contribution in [0.25, 0.3) is 0 Å². The third-order valence-electron chi connectivity index (χ3n) is 2.91. The molecule has 1 aliphatic heterocycles. The average Bonchev–Trinajstić information content (AvgIpc) is 2.97. The van der Waals surface area contributed by atoms with Gasteiger partial charge in [-0.05, 0) is 40.9 Å². The Hall–Kier alpha value is -0.620. The molecule has 0 aromatic heterocycles. The van der Waals surface area contributed by atoms with Crippen molar-refractivity contribution in [2.45, 2.75) is 24.6 Å². The van der Waals surface area contributed by atoms with Gasteiger partial charge in [0, 0.05) is 11.6 Å². The molecule has 86 valence electrons. The van der Waals surface area contributed by atoms with Crippen molar-refractivity contribution in [3.05, 3.63) is 28.0 Å². The SMILES string of the molecule is O=S1(=O)Cc2c(ccc(Br)c2F)N1C1CC1. The third kappa shape index (κ3) is 1.39. The number of benzene rings is 1. The van der Waals surface area contributed by atoms with Gasteiger partial charge in [0.25, 0.3) is 0 Å². The first-order valence-corrected chi connectivity index (χ1v) is 7.40. The summed E-state index contributed by atoms with van der Waals surface area (Å²) in [6.07, 6.45) is 1.74. The maximum Gasteiger partial charge on any atom is 0.239 e. The van der Waals surface area contributed by atoms with Gasteiger partial charge in [-0.2, -0.15) is 0 Å². The summed E-state index contributed by atoms with van der Waals surface area (Å²) >= 11 is 3.07. The van der Waals surface area contributed by atoms with Crippen molar-refractivity contribution in [1.82, 2.24) is 0 Å². The normalized spacial score (nSPS) is 22.2. The standard InChI is InChI=1S/C10H9BrFNO2S/c11-8-3-4-9-7(10(8)12)5-16(14,15)13(9)6-1-2-6/h3-4,6H,1-2,5H2. The minimum absolute atomic E-state index is 0.0480. The van der Waals surface area contributed by atoms with Crippen molar-refractivity contribution in [2.24, 2.45) is 0 Å². The summed E-state index contributed by atoms with van der Waals surface area (Å²) in [5.74, 6) is -0.673. The fourth-order valence-electron chi connectivity index (χ4n) is 2.06. The molecule has 1 fully saturated rings. The zero-order valence-electron chi connectivity index (χ0n) is 8.28. The van der Waals surface area contributed by atoms with E-state index in [9.17, 15) is 12.8 Å². The van der Waals surface area contributed by atoms with Gasteiger partial charge in [-0.3, -0.25) is 4.31 Å². The zero-order chi connectivity index (χ0) is 11.5. The summed E-state index contributed by atoms with van der Waals surface area (Å²) in [7, 11) is -3.35. The van der Waals surface area contributed by atoms with Crippen molar-refractivity contribution in [2.75, 3.05) is 4.31 Å². The van der Waals surface area contributed by atoms with Crippen molar-refractivity contribution in [3.63, 3.8) is 0 Å². The van der Waals surface area contributed by atoms with Crippen LogP contribution in [0.15, 0.2) is 16.6 Å². The fraction of sp³-hybridized carbons (Fsp3) is 0.400. The molecular formula is C10H9BrFNO2S. The highest BCUT2D eigenvalue weighted by Gasteiger charge is 2.44. The molecule has 1 saturated carbocycles. The predicted molar refractivity (Wildman–Crippen MR) is 62.2 cm³/mol. The number of hydrogen-bond donors (Lipinski definition) is 0. The Labute approximate surface area is 101 Å². The average molecular weight is 306 g/mol. The van der Waals surface area contributed by atoms with Gasteiger partial charge in [0.15, 0.2) is 0 Å². The first kappa shape index (κ1) is 10.5. The Morgan fingerprint density at radius 2 is 2.06 bits per heavy atom. The topological polar surface area (TPSA) is 37.4 Å². The number of sulfonamides is 1. The molecule has 0 N–H and O–H groups in total. The van der Waals surface area contributed by atoms with Crippen LogP contribution in [-0.4, -0.2) is 14.5 Å². The van der Waals surface area contributed by atoms with Crippen LogP contribution in [0.1, 0.15) is 18.4 Å². The van der Waals surface area contributed by atoms with Gasteiger partial charge in [-0.1, -0.05) is 0 Å². The fourth-order valence-corrected chi connectivity index (χ4v) is 4.35. The minimum atomic E-state index is -3.35. The van der Waals surface area contributed by atoms with Crippen LogP contribution in [-0.2, 0) is 15.8 Å². The van der Waals surface area contributed by atoms with Gasteiger partial charge in [-0.25, -0.2) is 12.8 Å². The monoisotopic (exact) mass is 305 g/mol. The van der Waals surface area contributed by atoms with Crippen LogP contribution in [0.4, 0.5) is 10.1 Å². The van der Waals surface area contributed by atoms with Crippen LogP contribution < -0.4 is 4.31 Å². The highest BCUT2D eigenvalue weighted by atomic mass is 79.9. The highest BCUT2D eigenvalue weighted by molar-refractivity contribution is 9.10.